The summed E-state index contributed by atoms with van der Waals surface area (Å²) in [5.41, 5.74) is 3.66. The first-order valence-electron chi connectivity index (χ1n) is 16.6. The van der Waals surface area contributed by atoms with Gasteiger partial charge in [0.2, 0.25) is 0 Å². The first-order chi connectivity index (χ1) is 26.5. The number of benzene rings is 3. The molecule has 0 fully saturated rings. The number of halogens is 4. The average Bonchev–Trinajstić information content (AvgIpc) is 3.90. The van der Waals surface area contributed by atoms with E-state index in [-0.39, 0.29) is 129 Å². The van der Waals surface area contributed by atoms with Crippen molar-refractivity contribution in [2.75, 3.05) is 21.3 Å². The van der Waals surface area contributed by atoms with Gasteiger partial charge in [0, 0.05) is 45.6 Å². The van der Waals surface area contributed by atoms with Gasteiger partial charge < -0.3 is 25.8 Å². The molecule has 0 radical (unpaired) electrons. The molecule has 0 aliphatic carbocycles. The fourth-order valence-corrected chi connectivity index (χ4v) is 6.48. The molecule has 6 aromatic rings. The van der Waals surface area contributed by atoms with E-state index in [1.807, 2.05) is 87.0 Å². The van der Waals surface area contributed by atoms with E-state index in [0.717, 1.165) is 50.1 Å². The summed E-state index contributed by atoms with van der Waals surface area (Å²) in [7, 11) is 4.07. The van der Waals surface area contributed by atoms with Crippen LogP contribution < -0.4 is 108 Å². The molecule has 0 bridgehead atoms. The Morgan fingerprint density at radius 3 is 1.66 bits per heavy atom. The van der Waals surface area contributed by atoms with Gasteiger partial charge in [-0.2, -0.15) is 15.3 Å². The summed E-state index contributed by atoms with van der Waals surface area (Å²) in [6, 6.07) is 17.3. The van der Waals surface area contributed by atoms with Crippen molar-refractivity contribution in [1.29, 1.82) is 0 Å². The van der Waals surface area contributed by atoms with Crippen LogP contribution in [0.1, 0.15) is 86.5 Å². The number of nitrogens with one attached hydrogen (secondary N) is 1. The van der Waals surface area contributed by atoms with E-state index in [2.05, 4.69) is 114 Å². The Bertz CT molecular complexity index is 2260. The Hall–Kier alpha value is -0.647. The van der Waals surface area contributed by atoms with Gasteiger partial charge in [-0.15, -0.1) is 0 Å². The van der Waals surface area contributed by atoms with Crippen molar-refractivity contribution < 1.29 is 148 Å². The van der Waals surface area contributed by atoms with Crippen molar-refractivity contribution in [3.63, 3.8) is 0 Å². The van der Waals surface area contributed by atoms with Gasteiger partial charge >= 0.3 is 121 Å². The Morgan fingerprint density at radius 2 is 1.17 bits per heavy atom. The van der Waals surface area contributed by atoms with Crippen LogP contribution in [0, 0.1) is 0 Å². The number of H-pyrrole nitrogens is 1. The van der Waals surface area contributed by atoms with Crippen molar-refractivity contribution in [2.45, 2.75) is 57.6 Å². The number of aromatic amines is 1. The number of nitrogens with zero attached hydrogens (tertiary/aromatic N) is 5. The molecule has 0 spiro atoms. The van der Waals surface area contributed by atoms with Gasteiger partial charge in [0.25, 0.3) is 6.47 Å². The summed E-state index contributed by atoms with van der Waals surface area (Å²) < 4.78 is 21.0. The van der Waals surface area contributed by atoms with Crippen LogP contribution in [-0.4, -0.2) is 79.4 Å². The number of carbonyl (C=O) groups excluding carboxylic acids is 4. The Morgan fingerprint density at radius 1 is 0.724 bits per heavy atom. The van der Waals surface area contributed by atoms with Crippen molar-refractivity contribution in [3.05, 3.63) is 85.1 Å². The van der Waals surface area contributed by atoms with Crippen LogP contribution in [0.25, 0.3) is 32.7 Å². The molecule has 0 aliphatic rings. The second-order valence-corrected chi connectivity index (χ2v) is 17.0. The molecule has 0 unspecified atom stereocenters. The Kier molecular flexibility index (Phi) is 28.5. The van der Waals surface area contributed by atoms with E-state index in [4.69, 9.17) is 19.5 Å². The molecule has 0 atom stereocenters. The van der Waals surface area contributed by atoms with Crippen LogP contribution in [0.4, 0.5) is 0 Å². The van der Waals surface area contributed by atoms with Crippen LogP contribution in [0.2, 0.25) is 0 Å². The van der Waals surface area contributed by atoms with Gasteiger partial charge in [-0.3, -0.25) is 19.3 Å². The minimum atomic E-state index is -0.442. The number of esters is 3. The zero-order valence-electron chi connectivity index (χ0n) is 34.9. The summed E-state index contributed by atoms with van der Waals surface area (Å²) in [6.07, 6.45) is 0. The average molecular weight is 1160 g/mol. The number of carbonyl (C=O) groups is 4. The zero-order valence-corrected chi connectivity index (χ0v) is 47.1. The monoisotopic (exact) mass is 1160 g/mol. The van der Waals surface area contributed by atoms with Gasteiger partial charge in [-0.05, 0) is 64.1 Å². The van der Waals surface area contributed by atoms with Gasteiger partial charge in [-0.1, -0.05) is 102 Å². The summed E-state index contributed by atoms with van der Waals surface area (Å²) in [5.74, 6) is -1.22. The predicted molar refractivity (Wildman–Crippen MR) is 231 cm³/mol. The van der Waals surface area contributed by atoms with E-state index in [0.29, 0.717) is 17.1 Å². The van der Waals surface area contributed by atoms with E-state index < -0.39 is 11.9 Å². The van der Waals surface area contributed by atoms with Crippen molar-refractivity contribution >= 4 is 127 Å². The van der Waals surface area contributed by atoms with Crippen LogP contribution in [-0.2, 0) is 23.9 Å². The van der Waals surface area contributed by atoms with E-state index in [1.54, 1.807) is 4.68 Å². The fraction of sp³-hybridized carbons (Fsp3) is 0.324. The molecule has 0 aliphatic heterocycles. The molecule has 0 amide bonds. The third-order valence-electron chi connectivity index (χ3n) is 7.05. The smallest absolute Gasteiger partial charge is 1.00 e. The molecule has 15 nitrogen and oxygen atoms in total. The zero-order chi connectivity index (χ0) is 42.3. The van der Waals surface area contributed by atoms with Crippen molar-refractivity contribution in [1.82, 2.24) is 29.8 Å². The summed E-state index contributed by atoms with van der Waals surface area (Å²) >= 11 is 12.6. The number of ether oxygens (including phenoxy) is 3. The van der Waals surface area contributed by atoms with Crippen LogP contribution >= 0.6 is 70.4 Å². The first-order valence-corrected chi connectivity index (χ1v) is 20.2. The maximum absolute atomic E-state index is 11.9. The van der Waals surface area contributed by atoms with Crippen LogP contribution in [0.15, 0.2) is 68.0 Å². The minimum Gasteiger partial charge on any atom is -1.00 e. The standard InChI is InChI=1S/2C12H13BrN2O2.C9H7BrN2O2.C3H7I.CH2O3.2K.H/c1-7(2)15-9-6-4-5-8(13)10(9)11(14-15)12(16)17-3;1-7(2)15-11(12(16)17-3)10-8(13)5-4-6-9(10)14-15;1-14-9(13)8-7-5(10)3-2-4-6(7)11-12-8;1-3(2)4;2-1-4-3;;;/h2*4-7H,1-3H3;2-4H,1H3,(H,11,12);3H,1-2H3;1,3H;;;/q;;;;;2*+1;-1/p-1. The predicted octanol–water partition coefficient (Wildman–Crippen LogP) is 2.83. The van der Waals surface area contributed by atoms with E-state index >= 15 is 0 Å². The van der Waals surface area contributed by atoms with Gasteiger partial charge in [0.15, 0.2) is 17.1 Å². The van der Waals surface area contributed by atoms with E-state index in [1.165, 1.54) is 21.3 Å². The maximum atomic E-state index is 11.9. The number of rotatable bonds is 6. The normalized spacial score (nSPS) is 10.0. The van der Waals surface area contributed by atoms with Gasteiger partial charge in [0.05, 0.1) is 37.9 Å². The Labute approximate surface area is 461 Å². The molecular formula is C37H42Br3IK2N6O9. The van der Waals surface area contributed by atoms with Crippen LogP contribution in [0.5, 0.6) is 0 Å². The molecule has 0 saturated heterocycles. The summed E-state index contributed by atoms with van der Waals surface area (Å²) in [4.78, 5) is 46.1. The molecule has 6 rings (SSSR count). The van der Waals surface area contributed by atoms with Crippen LogP contribution in [0.3, 0.4) is 0 Å². The topological polar surface area (TPSA) is 193 Å². The third kappa shape index (κ3) is 15.9. The number of fused-ring (bicyclic) bond motifs is 3. The van der Waals surface area contributed by atoms with E-state index in [9.17, 15) is 14.4 Å². The summed E-state index contributed by atoms with van der Waals surface area (Å²) in [5, 5.41) is 26.2. The second-order valence-electron chi connectivity index (χ2n) is 12.0. The number of hydrogen-bond donors (Lipinski definition) is 1. The molecule has 304 valence electrons. The SMILES string of the molecule is CC(C)I.COC(=O)c1c2c(Br)cccc2nn1C(C)C.COC(=O)c1n[nH]c2cccc(Br)c12.COC(=O)c1nn(C(C)C)c2cccc(Br)c12.O=CO[O-].[H-].[K+].[K+]. The molecule has 21 heteroatoms. The Balaban J connectivity index is 0. The maximum Gasteiger partial charge on any atom is 1.00 e. The molecule has 3 aromatic carbocycles. The van der Waals surface area contributed by atoms with Crippen molar-refractivity contribution in [2.24, 2.45) is 0 Å². The molecule has 3 heterocycles. The number of methoxy groups -OCH3 is 3. The van der Waals surface area contributed by atoms with Gasteiger partial charge in [-0.25, -0.2) is 14.4 Å². The van der Waals surface area contributed by atoms with Gasteiger partial charge in [0.1, 0.15) is 0 Å². The first kappa shape index (κ1) is 57.4. The molecule has 0 saturated carbocycles. The minimum absolute atomic E-state index is 0. The fourth-order valence-electron chi connectivity index (χ4n) is 4.83. The molecule has 3 aromatic heterocycles. The molecular weight excluding hydrogens is 1120 g/mol. The molecule has 58 heavy (non-hydrogen) atoms. The number of aromatic nitrogens is 6. The molecule has 1 N–H and O–H groups in total. The third-order valence-corrected chi connectivity index (χ3v) is 9.03. The quantitative estimate of drug-likeness (QED) is 0.0376. The summed E-state index contributed by atoms with van der Waals surface area (Å²) in [6.45, 7) is 12.1. The number of hydrogen-bond acceptors (Lipinski definition) is 12. The largest absolute Gasteiger partial charge is 1.00 e. The number of alkyl halides is 1. The van der Waals surface area contributed by atoms with Crippen molar-refractivity contribution in [3.8, 4) is 0 Å². The second kappa shape index (κ2) is 28.9.